The van der Waals surface area contributed by atoms with Gasteiger partial charge in [-0.3, -0.25) is 10.1 Å². The number of nitrogens with zero attached hydrogens (tertiary/aromatic N) is 4. The van der Waals surface area contributed by atoms with Gasteiger partial charge in [0.05, 0.1) is 16.5 Å². The van der Waals surface area contributed by atoms with Crippen LogP contribution in [0, 0.1) is 28.4 Å². The summed E-state index contributed by atoms with van der Waals surface area (Å²) in [5.41, 5.74) is -0.311. The average molecular weight is 275 g/mol. The molecule has 19 heavy (non-hydrogen) atoms. The van der Waals surface area contributed by atoms with E-state index in [1.807, 2.05) is 6.92 Å². The highest BCUT2D eigenvalue weighted by molar-refractivity contribution is 7.11. The van der Waals surface area contributed by atoms with Crippen molar-refractivity contribution in [3.05, 3.63) is 44.0 Å². The molecule has 2 rings (SSSR count). The number of hydrogen-bond acceptors (Lipinski definition) is 7. The van der Waals surface area contributed by atoms with Gasteiger partial charge in [-0.2, -0.15) is 5.26 Å². The molecular formula is C11H9N5O2S. The summed E-state index contributed by atoms with van der Waals surface area (Å²) in [7, 11) is 0. The van der Waals surface area contributed by atoms with Gasteiger partial charge >= 0.3 is 5.69 Å². The van der Waals surface area contributed by atoms with Gasteiger partial charge in [0.15, 0.2) is 0 Å². The van der Waals surface area contributed by atoms with Crippen molar-refractivity contribution < 1.29 is 4.92 Å². The Morgan fingerprint density at radius 3 is 2.95 bits per heavy atom. The summed E-state index contributed by atoms with van der Waals surface area (Å²) in [6, 6.07) is 3.11. The quantitative estimate of drug-likeness (QED) is 0.677. The molecule has 0 aliphatic carbocycles. The number of aromatic nitrogens is 2. The summed E-state index contributed by atoms with van der Waals surface area (Å²) in [4.78, 5) is 19.3. The topological polar surface area (TPSA) is 105 Å². The van der Waals surface area contributed by atoms with Crippen LogP contribution in [0.5, 0.6) is 0 Å². The summed E-state index contributed by atoms with van der Waals surface area (Å²) >= 11 is 1.49. The van der Waals surface area contributed by atoms with Crippen molar-refractivity contribution in [3.8, 4) is 6.07 Å². The maximum Gasteiger partial charge on any atom is 0.328 e. The van der Waals surface area contributed by atoms with E-state index in [1.165, 1.54) is 23.6 Å². The number of nitriles is 1. The zero-order chi connectivity index (χ0) is 13.8. The zero-order valence-corrected chi connectivity index (χ0v) is 10.8. The van der Waals surface area contributed by atoms with E-state index in [0.717, 1.165) is 9.88 Å². The molecule has 0 saturated carbocycles. The second-order valence-corrected chi connectivity index (χ2v) is 4.94. The average Bonchev–Trinajstić information content (AvgIpc) is 2.81. The highest BCUT2D eigenvalue weighted by Crippen LogP contribution is 2.26. The molecule has 0 bridgehead atoms. The third-order valence-electron chi connectivity index (χ3n) is 2.33. The number of nitro groups is 1. The summed E-state index contributed by atoms with van der Waals surface area (Å²) < 4.78 is 0. The van der Waals surface area contributed by atoms with Gasteiger partial charge < -0.3 is 5.32 Å². The number of hydrogen-bond donors (Lipinski definition) is 1. The number of aryl methyl sites for hydroxylation is 1. The molecular weight excluding hydrogens is 266 g/mol. The van der Waals surface area contributed by atoms with Crippen LogP contribution in [-0.2, 0) is 6.54 Å². The Labute approximate surface area is 112 Å². The molecule has 7 nitrogen and oxygen atoms in total. The molecule has 96 valence electrons. The first-order chi connectivity index (χ1) is 9.11. The third-order valence-corrected chi connectivity index (χ3v) is 3.24. The number of nitrogens with one attached hydrogen (secondary N) is 1. The molecule has 0 radical (unpaired) electrons. The molecule has 2 heterocycles. The molecule has 0 amide bonds. The van der Waals surface area contributed by atoms with E-state index in [1.54, 1.807) is 12.3 Å². The van der Waals surface area contributed by atoms with Crippen LogP contribution in [0.25, 0.3) is 0 Å². The highest BCUT2D eigenvalue weighted by Gasteiger charge is 2.20. The second kappa shape index (κ2) is 5.41. The first kappa shape index (κ1) is 12.9. The van der Waals surface area contributed by atoms with Gasteiger partial charge in [0.25, 0.3) is 0 Å². The van der Waals surface area contributed by atoms with Crippen LogP contribution in [0.1, 0.15) is 15.4 Å². The van der Waals surface area contributed by atoms with Crippen molar-refractivity contribution in [2.75, 3.05) is 5.32 Å². The van der Waals surface area contributed by atoms with Crippen LogP contribution in [0.3, 0.4) is 0 Å². The van der Waals surface area contributed by atoms with Gasteiger partial charge in [-0.05, 0) is 13.0 Å². The maximum atomic E-state index is 11.0. The first-order valence-corrected chi connectivity index (χ1v) is 6.12. The summed E-state index contributed by atoms with van der Waals surface area (Å²) in [6.07, 6.45) is 3.07. The van der Waals surface area contributed by atoms with Crippen molar-refractivity contribution in [3.63, 3.8) is 0 Å². The fraction of sp³-hybridized carbons (Fsp3) is 0.182. The van der Waals surface area contributed by atoms with Crippen LogP contribution in [0.4, 0.5) is 11.5 Å². The Morgan fingerprint density at radius 2 is 2.37 bits per heavy atom. The minimum atomic E-state index is -0.605. The van der Waals surface area contributed by atoms with Crippen molar-refractivity contribution in [2.45, 2.75) is 13.5 Å². The van der Waals surface area contributed by atoms with Crippen LogP contribution in [0.15, 0.2) is 18.5 Å². The van der Waals surface area contributed by atoms with Crippen LogP contribution < -0.4 is 5.32 Å². The lowest BCUT2D eigenvalue weighted by atomic mass is 10.2. The van der Waals surface area contributed by atoms with Gasteiger partial charge in [-0.1, -0.05) is 0 Å². The van der Waals surface area contributed by atoms with E-state index in [4.69, 9.17) is 5.26 Å². The van der Waals surface area contributed by atoms with Crippen molar-refractivity contribution >= 4 is 22.8 Å². The number of anilines is 1. The predicted molar refractivity (Wildman–Crippen MR) is 69.8 cm³/mol. The molecule has 8 heteroatoms. The third kappa shape index (κ3) is 2.83. The van der Waals surface area contributed by atoms with Crippen LogP contribution >= 0.6 is 11.3 Å². The minimum absolute atomic E-state index is 0.0111. The lowest BCUT2D eigenvalue weighted by molar-refractivity contribution is -0.384. The van der Waals surface area contributed by atoms with Crippen molar-refractivity contribution in [2.24, 2.45) is 0 Å². The fourth-order valence-corrected chi connectivity index (χ4v) is 2.25. The first-order valence-electron chi connectivity index (χ1n) is 5.30. The lowest BCUT2D eigenvalue weighted by Gasteiger charge is -2.04. The van der Waals surface area contributed by atoms with Gasteiger partial charge in [-0.25, -0.2) is 9.97 Å². The largest absolute Gasteiger partial charge is 0.359 e. The van der Waals surface area contributed by atoms with Crippen molar-refractivity contribution in [1.29, 1.82) is 5.26 Å². The second-order valence-electron chi connectivity index (χ2n) is 3.62. The number of pyridine rings is 1. The molecule has 0 atom stereocenters. The molecule has 0 fully saturated rings. The Balaban J connectivity index is 2.25. The summed E-state index contributed by atoms with van der Waals surface area (Å²) in [5, 5.41) is 23.6. The Hall–Kier alpha value is -2.53. The van der Waals surface area contributed by atoms with E-state index in [9.17, 15) is 10.1 Å². The highest BCUT2D eigenvalue weighted by atomic mass is 32.1. The van der Waals surface area contributed by atoms with Gasteiger partial charge in [0.2, 0.25) is 5.82 Å². The van der Waals surface area contributed by atoms with Crippen LogP contribution in [-0.4, -0.2) is 14.9 Å². The molecule has 0 unspecified atom stereocenters. The summed E-state index contributed by atoms with van der Waals surface area (Å²) in [6.45, 7) is 2.26. The standard InChI is InChI=1S/C11H9N5O2S/c1-7-14-5-9(19-7)6-15-11-10(16(17)18)8(4-12)2-3-13-11/h2-3,5H,6H2,1H3,(H,13,15). The Morgan fingerprint density at radius 1 is 1.58 bits per heavy atom. The normalized spacial score (nSPS) is 9.89. The molecule has 0 aliphatic rings. The molecule has 0 spiro atoms. The zero-order valence-electron chi connectivity index (χ0n) is 9.95. The predicted octanol–water partition coefficient (Wildman–Crippen LogP) is 2.24. The van der Waals surface area contributed by atoms with E-state index in [2.05, 4.69) is 15.3 Å². The van der Waals surface area contributed by atoms with Crippen molar-refractivity contribution in [1.82, 2.24) is 9.97 Å². The molecule has 2 aromatic heterocycles. The van der Waals surface area contributed by atoms with Crippen LogP contribution in [0.2, 0.25) is 0 Å². The van der Waals surface area contributed by atoms with E-state index in [0.29, 0.717) is 6.54 Å². The molecule has 0 aromatic carbocycles. The SMILES string of the molecule is Cc1ncc(CNc2nccc(C#N)c2[N+](=O)[O-])s1. The van der Waals surface area contributed by atoms with E-state index >= 15 is 0 Å². The molecule has 1 N–H and O–H groups in total. The minimum Gasteiger partial charge on any atom is -0.359 e. The lowest BCUT2D eigenvalue weighted by Crippen LogP contribution is -2.05. The van der Waals surface area contributed by atoms with Gasteiger partial charge in [-0.15, -0.1) is 11.3 Å². The smallest absolute Gasteiger partial charge is 0.328 e. The molecule has 0 aliphatic heterocycles. The maximum absolute atomic E-state index is 11.0. The van der Waals surface area contributed by atoms with Gasteiger partial charge in [0, 0.05) is 17.3 Å². The Bertz CT molecular complexity index is 661. The number of rotatable bonds is 4. The molecule has 0 saturated heterocycles. The Kier molecular flexibility index (Phi) is 3.68. The molecule has 2 aromatic rings. The van der Waals surface area contributed by atoms with Gasteiger partial charge in [0.1, 0.15) is 11.6 Å². The summed E-state index contributed by atoms with van der Waals surface area (Å²) in [5.74, 6) is 0.0927. The fourth-order valence-electron chi connectivity index (χ4n) is 1.52. The van der Waals surface area contributed by atoms with E-state index < -0.39 is 4.92 Å². The number of thiazole rings is 1. The monoisotopic (exact) mass is 275 g/mol. The van der Waals surface area contributed by atoms with E-state index in [-0.39, 0.29) is 17.1 Å².